The number of aromatic nitrogens is 1. The van der Waals surface area contributed by atoms with Gasteiger partial charge in [-0.25, -0.2) is 4.98 Å². The van der Waals surface area contributed by atoms with Gasteiger partial charge in [0.05, 0.1) is 0 Å². The van der Waals surface area contributed by atoms with Gasteiger partial charge in [0.25, 0.3) is 0 Å². The van der Waals surface area contributed by atoms with Gasteiger partial charge in [-0.3, -0.25) is 0 Å². The predicted molar refractivity (Wildman–Crippen MR) is 37.7 cm³/mol. The van der Waals surface area contributed by atoms with Crippen LogP contribution in [0.1, 0.15) is 5.69 Å². The summed E-state index contributed by atoms with van der Waals surface area (Å²) >= 11 is 0. The van der Waals surface area contributed by atoms with Crippen molar-refractivity contribution in [2.75, 3.05) is 0 Å². The Kier molecular flexibility index (Phi) is 5.17. The van der Waals surface area contributed by atoms with E-state index < -0.39 is 12.4 Å². The topological polar surface area (TPSA) is 36.7 Å². The summed E-state index contributed by atoms with van der Waals surface area (Å²) in [5.41, 5.74) is -0.798. The molecule has 0 saturated carbocycles. The minimum Gasteiger partial charge on any atom is -0.445 e. The average molecular weight is 210 g/mol. The molecule has 2 nitrogen and oxygen atoms in total. The molecule has 0 spiro atoms. The second-order valence-electron chi connectivity index (χ2n) is 2.16. The van der Waals surface area contributed by atoms with Gasteiger partial charge in [-0.05, 0) is 6.07 Å². The van der Waals surface area contributed by atoms with Crippen LogP contribution in [0.5, 0.6) is 0 Å². The molecular weight excluding hydrogens is 207 g/mol. The fraction of sp³-hybridized carbons (Fsp3) is 0. The van der Waals surface area contributed by atoms with Gasteiger partial charge in [0.15, 0.2) is 0 Å². The largest absolute Gasteiger partial charge is 1.00 e. The fourth-order valence-electron chi connectivity index (χ4n) is 0.665. The summed E-state index contributed by atoms with van der Waals surface area (Å²) in [5, 5.41) is 8.24. The zero-order valence-electron chi connectivity index (χ0n) is 6.84. The van der Waals surface area contributed by atoms with Crippen LogP contribution in [0.25, 0.3) is 0 Å². The fourth-order valence-corrected chi connectivity index (χ4v) is 0.665. The Hall–Kier alpha value is 0.131. The van der Waals surface area contributed by atoms with E-state index in [4.69, 9.17) is 5.26 Å². The number of rotatable bonds is 1. The van der Waals surface area contributed by atoms with Gasteiger partial charge in [0.1, 0.15) is 11.8 Å². The molecule has 0 aromatic carbocycles. The molecule has 62 valence electrons. The second kappa shape index (κ2) is 5.12. The Labute approximate surface area is 116 Å². The van der Waals surface area contributed by atoms with Crippen LogP contribution < -0.4 is 56.8 Å². The van der Waals surface area contributed by atoms with E-state index in [1.54, 1.807) is 6.07 Å². The summed E-state index contributed by atoms with van der Waals surface area (Å²) < 4.78 is 35.9. The van der Waals surface area contributed by atoms with E-state index in [0.717, 1.165) is 12.1 Å². The summed E-state index contributed by atoms with van der Waals surface area (Å²) in [7, 11) is 0. The molecule has 0 amide bonds. The molecule has 7 heteroatoms. The molecule has 1 rings (SSSR count). The van der Waals surface area contributed by atoms with Crippen molar-refractivity contribution in [1.29, 1.82) is 5.26 Å². The zero-order valence-corrected chi connectivity index (χ0v) is 9.96. The van der Waals surface area contributed by atoms with Crippen LogP contribution in [0, 0.1) is 11.3 Å². The molecule has 1 aromatic rings. The Morgan fingerprint density at radius 1 is 1.31 bits per heavy atom. The van der Waals surface area contributed by atoms with E-state index >= 15 is 0 Å². The van der Waals surface area contributed by atoms with Crippen LogP contribution in [-0.2, 0) is 0 Å². The van der Waals surface area contributed by atoms with Crippen molar-refractivity contribution in [3.8, 4) is 6.07 Å². The van der Waals surface area contributed by atoms with Crippen molar-refractivity contribution in [3.05, 3.63) is 24.0 Å². The van der Waals surface area contributed by atoms with E-state index in [1.165, 1.54) is 0 Å². The normalized spacial score (nSPS) is 10.0. The first-order chi connectivity index (χ1) is 5.54. The number of nitriles is 1. The first-order valence-corrected chi connectivity index (χ1v) is 3.10. The molecule has 1 aromatic heterocycles. The summed E-state index contributed by atoms with van der Waals surface area (Å²) in [4.78, 5) is 3.30. The molecule has 0 radical (unpaired) electrons. The smallest absolute Gasteiger partial charge is 0.445 e. The Bertz CT molecular complexity index is 316. The third-order valence-corrected chi connectivity index (χ3v) is 1.28. The van der Waals surface area contributed by atoms with Crippen LogP contribution in [-0.4, -0.2) is 12.0 Å². The maximum Gasteiger partial charge on any atom is 1.00 e. The number of halogens is 3. The van der Waals surface area contributed by atoms with Gasteiger partial charge in [0.2, 0.25) is 0 Å². The van der Waals surface area contributed by atoms with Crippen molar-refractivity contribution >= 4 is 12.4 Å². The molecule has 0 aliphatic heterocycles. The standard InChI is InChI=1S/C6H3BF3N2.K/c8-7(9,10)5-1-2-6(3-11)12-4-5;/h1-2,4H;/q-1;+1. The first-order valence-electron chi connectivity index (χ1n) is 3.10. The molecule has 0 saturated heterocycles. The van der Waals surface area contributed by atoms with Gasteiger partial charge in [0, 0.05) is 6.20 Å². The van der Waals surface area contributed by atoms with Gasteiger partial charge < -0.3 is 12.9 Å². The molecule has 0 aliphatic carbocycles. The third-order valence-electron chi connectivity index (χ3n) is 1.28. The molecule has 0 fully saturated rings. The predicted octanol–water partition coefficient (Wildman–Crippen LogP) is -1.99. The monoisotopic (exact) mass is 210 g/mol. The van der Waals surface area contributed by atoms with Gasteiger partial charge in [-0.15, -0.1) is 0 Å². The van der Waals surface area contributed by atoms with Crippen molar-refractivity contribution in [2.45, 2.75) is 0 Å². The number of hydrogen-bond acceptors (Lipinski definition) is 2. The number of hydrogen-bond donors (Lipinski definition) is 0. The Morgan fingerprint density at radius 2 is 1.92 bits per heavy atom. The Balaban J connectivity index is 0.00000144. The second-order valence-corrected chi connectivity index (χ2v) is 2.16. The van der Waals surface area contributed by atoms with Gasteiger partial charge in [-0.2, -0.15) is 5.26 Å². The van der Waals surface area contributed by atoms with Gasteiger partial charge >= 0.3 is 58.4 Å². The van der Waals surface area contributed by atoms with E-state index in [-0.39, 0.29) is 57.1 Å². The average Bonchev–Trinajstić information content (AvgIpc) is 2.03. The van der Waals surface area contributed by atoms with Crippen molar-refractivity contribution in [1.82, 2.24) is 4.98 Å². The quantitative estimate of drug-likeness (QED) is 0.503. The summed E-state index contributed by atoms with van der Waals surface area (Å²) in [6, 6.07) is 3.53. The molecule has 1 heterocycles. The van der Waals surface area contributed by atoms with E-state index in [0.29, 0.717) is 6.20 Å². The van der Waals surface area contributed by atoms with Crippen LogP contribution in [0.3, 0.4) is 0 Å². The third kappa shape index (κ3) is 3.79. The van der Waals surface area contributed by atoms with Crippen LogP contribution in [0.2, 0.25) is 0 Å². The molecule has 0 atom stereocenters. The Morgan fingerprint density at radius 3 is 2.23 bits per heavy atom. The van der Waals surface area contributed by atoms with E-state index in [1.807, 2.05) is 0 Å². The van der Waals surface area contributed by atoms with Crippen molar-refractivity contribution in [2.24, 2.45) is 0 Å². The summed E-state index contributed by atoms with van der Waals surface area (Å²) in [6.45, 7) is -5.00. The van der Waals surface area contributed by atoms with Gasteiger partial charge in [-0.1, -0.05) is 11.5 Å². The van der Waals surface area contributed by atoms with Crippen molar-refractivity contribution in [3.63, 3.8) is 0 Å². The zero-order chi connectivity index (χ0) is 9.19. The molecule has 0 unspecified atom stereocenters. The number of pyridine rings is 1. The van der Waals surface area contributed by atoms with Crippen LogP contribution in [0.4, 0.5) is 12.9 Å². The minimum atomic E-state index is -5.00. The van der Waals surface area contributed by atoms with Crippen LogP contribution in [0.15, 0.2) is 18.3 Å². The first kappa shape index (κ1) is 13.1. The van der Waals surface area contributed by atoms with Crippen molar-refractivity contribution < 1.29 is 64.3 Å². The van der Waals surface area contributed by atoms with Crippen LogP contribution >= 0.6 is 0 Å². The molecule has 13 heavy (non-hydrogen) atoms. The number of nitrogens with zero attached hydrogens (tertiary/aromatic N) is 2. The summed E-state index contributed by atoms with van der Waals surface area (Å²) in [6.07, 6.45) is 0.665. The van der Waals surface area contributed by atoms with E-state index in [9.17, 15) is 12.9 Å². The maximum atomic E-state index is 12.0. The minimum absolute atomic E-state index is 0. The summed E-state index contributed by atoms with van der Waals surface area (Å²) in [5.74, 6) is 0. The molecule has 0 N–H and O–H groups in total. The molecular formula is C6H3BF3KN2. The molecule has 0 bridgehead atoms. The SMILES string of the molecule is N#Cc1ccc([B-](F)(F)F)cn1.[K+]. The molecule has 0 aliphatic rings. The maximum absolute atomic E-state index is 12.0. The van der Waals surface area contributed by atoms with E-state index in [2.05, 4.69) is 4.98 Å².